The van der Waals surface area contributed by atoms with Crippen molar-refractivity contribution in [1.82, 2.24) is 5.16 Å². The summed E-state index contributed by atoms with van der Waals surface area (Å²) in [7, 11) is 1.64. The molecule has 2 aromatic heterocycles. The molecule has 7 heteroatoms. The molecule has 33 heavy (non-hydrogen) atoms. The standard InChI is InChI=1S/C26H26N2O5/c1-6-31-25-17(4)26-21(22(14-32-26)18-7-9-19(30-5)10-8-18)13-20(25)15(2)11-24(29)27-23-12-16(3)33-28-23/h7-14H,6H2,1-5H3,(H,27,28,29)/b15-11+. The molecular weight excluding hydrogens is 420 g/mol. The van der Waals surface area contributed by atoms with Crippen LogP contribution in [-0.2, 0) is 4.79 Å². The van der Waals surface area contributed by atoms with Crippen molar-refractivity contribution >= 4 is 28.3 Å². The van der Waals surface area contributed by atoms with Gasteiger partial charge >= 0.3 is 0 Å². The second-order valence-electron chi connectivity index (χ2n) is 7.71. The molecule has 1 N–H and O–H groups in total. The highest BCUT2D eigenvalue weighted by molar-refractivity contribution is 6.05. The van der Waals surface area contributed by atoms with Crippen LogP contribution in [-0.4, -0.2) is 24.8 Å². The van der Waals surface area contributed by atoms with Gasteiger partial charge in [-0.05, 0) is 57.0 Å². The van der Waals surface area contributed by atoms with Crippen LogP contribution in [0, 0.1) is 13.8 Å². The average molecular weight is 447 g/mol. The number of carbonyl (C=O) groups is 1. The maximum absolute atomic E-state index is 12.6. The van der Waals surface area contributed by atoms with Gasteiger partial charge in [-0.15, -0.1) is 0 Å². The number of aromatic nitrogens is 1. The minimum absolute atomic E-state index is 0.302. The lowest BCUT2D eigenvalue weighted by Gasteiger charge is -2.15. The number of allylic oxidation sites excluding steroid dienone is 1. The largest absolute Gasteiger partial charge is 0.497 e. The highest BCUT2D eigenvalue weighted by Gasteiger charge is 2.19. The van der Waals surface area contributed by atoms with Gasteiger partial charge in [0.05, 0.1) is 20.0 Å². The van der Waals surface area contributed by atoms with E-state index >= 15 is 0 Å². The first-order chi connectivity index (χ1) is 15.9. The second-order valence-corrected chi connectivity index (χ2v) is 7.71. The number of furan rings is 1. The Labute approximate surface area is 192 Å². The Balaban J connectivity index is 1.78. The van der Waals surface area contributed by atoms with Crippen LogP contribution in [0.4, 0.5) is 5.82 Å². The quantitative estimate of drug-likeness (QED) is 0.343. The lowest BCUT2D eigenvalue weighted by molar-refractivity contribution is -0.111. The molecule has 2 heterocycles. The Morgan fingerprint density at radius 1 is 1.18 bits per heavy atom. The summed E-state index contributed by atoms with van der Waals surface area (Å²) in [5.74, 6) is 2.17. The first kappa shape index (κ1) is 22.2. The number of rotatable bonds is 7. The number of methoxy groups -OCH3 is 1. The Kier molecular flexibility index (Phi) is 6.22. The number of anilines is 1. The van der Waals surface area contributed by atoms with Gasteiger partial charge in [0, 0.05) is 34.2 Å². The highest BCUT2D eigenvalue weighted by Crippen LogP contribution is 2.41. The van der Waals surface area contributed by atoms with E-state index in [-0.39, 0.29) is 5.91 Å². The fraction of sp³-hybridized carbons (Fsp3) is 0.231. The Morgan fingerprint density at radius 2 is 1.94 bits per heavy atom. The van der Waals surface area contributed by atoms with E-state index in [1.165, 1.54) is 6.08 Å². The van der Waals surface area contributed by atoms with E-state index in [0.29, 0.717) is 23.9 Å². The van der Waals surface area contributed by atoms with Crippen LogP contribution in [0.1, 0.15) is 30.7 Å². The van der Waals surface area contributed by atoms with Gasteiger partial charge in [0.25, 0.3) is 0 Å². The van der Waals surface area contributed by atoms with Gasteiger partial charge in [-0.25, -0.2) is 0 Å². The first-order valence-electron chi connectivity index (χ1n) is 10.7. The Hall–Kier alpha value is -4.00. The molecule has 170 valence electrons. The smallest absolute Gasteiger partial charge is 0.249 e. The minimum atomic E-state index is -0.302. The van der Waals surface area contributed by atoms with Crippen molar-refractivity contribution in [2.75, 3.05) is 19.0 Å². The molecule has 0 atom stereocenters. The summed E-state index contributed by atoms with van der Waals surface area (Å²) >= 11 is 0. The Bertz CT molecular complexity index is 1330. The number of benzene rings is 2. The Morgan fingerprint density at radius 3 is 2.58 bits per heavy atom. The van der Waals surface area contributed by atoms with E-state index in [9.17, 15) is 4.79 Å². The maximum Gasteiger partial charge on any atom is 0.249 e. The van der Waals surface area contributed by atoms with Gasteiger partial charge in [-0.2, -0.15) is 0 Å². The zero-order chi connectivity index (χ0) is 23.5. The number of fused-ring (bicyclic) bond motifs is 1. The lowest BCUT2D eigenvalue weighted by atomic mass is 9.96. The molecule has 2 aromatic carbocycles. The minimum Gasteiger partial charge on any atom is -0.497 e. The molecular formula is C26H26N2O5. The van der Waals surface area contributed by atoms with Crippen LogP contribution in [0.15, 0.2) is 57.7 Å². The third kappa shape index (κ3) is 4.48. The molecule has 0 saturated heterocycles. The molecule has 0 radical (unpaired) electrons. The molecule has 0 saturated carbocycles. The van der Waals surface area contributed by atoms with Gasteiger partial charge in [0.2, 0.25) is 5.91 Å². The monoisotopic (exact) mass is 446 g/mol. The molecule has 4 rings (SSSR count). The maximum atomic E-state index is 12.6. The van der Waals surface area contributed by atoms with Crippen LogP contribution in [0.2, 0.25) is 0 Å². The molecule has 0 unspecified atom stereocenters. The van der Waals surface area contributed by atoms with E-state index in [1.807, 2.05) is 51.1 Å². The van der Waals surface area contributed by atoms with Gasteiger partial charge < -0.3 is 23.7 Å². The van der Waals surface area contributed by atoms with Crippen molar-refractivity contribution in [2.45, 2.75) is 27.7 Å². The molecule has 1 amide bonds. The SMILES string of the molecule is CCOc1c(/C(C)=C/C(=O)Nc2cc(C)on2)cc2c(-c3ccc(OC)cc3)coc2c1C. The number of nitrogens with zero attached hydrogens (tertiary/aromatic N) is 1. The summed E-state index contributed by atoms with van der Waals surface area (Å²) < 4.78 is 22.2. The number of hydrogen-bond acceptors (Lipinski definition) is 6. The fourth-order valence-corrected chi connectivity index (χ4v) is 3.80. The van der Waals surface area contributed by atoms with Crippen LogP contribution in [0.3, 0.4) is 0 Å². The topological polar surface area (TPSA) is 86.7 Å². The van der Waals surface area contributed by atoms with E-state index in [0.717, 1.165) is 44.5 Å². The molecule has 7 nitrogen and oxygen atoms in total. The number of nitrogens with one attached hydrogen (secondary N) is 1. The van der Waals surface area contributed by atoms with Crippen molar-refractivity contribution in [3.8, 4) is 22.6 Å². The van der Waals surface area contributed by atoms with Gasteiger partial charge in [0.1, 0.15) is 22.8 Å². The summed E-state index contributed by atoms with van der Waals surface area (Å²) in [6.45, 7) is 8.02. The number of hydrogen-bond donors (Lipinski definition) is 1. The normalized spacial score (nSPS) is 11.6. The summed E-state index contributed by atoms with van der Waals surface area (Å²) in [4.78, 5) is 12.6. The van der Waals surface area contributed by atoms with Gasteiger partial charge in [0.15, 0.2) is 5.82 Å². The molecule has 0 fully saturated rings. The molecule has 0 aliphatic heterocycles. The second kappa shape index (κ2) is 9.24. The number of aryl methyl sites for hydroxylation is 2. The molecule has 0 spiro atoms. The molecule has 0 aliphatic rings. The summed E-state index contributed by atoms with van der Waals surface area (Å²) in [6.07, 6.45) is 3.28. The lowest BCUT2D eigenvalue weighted by Crippen LogP contribution is -2.09. The molecule has 0 bridgehead atoms. The van der Waals surface area contributed by atoms with Crippen molar-refractivity contribution in [3.63, 3.8) is 0 Å². The first-order valence-corrected chi connectivity index (χ1v) is 10.7. The highest BCUT2D eigenvalue weighted by atomic mass is 16.5. The van der Waals surface area contributed by atoms with Crippen LogP contribution < -0.4 is 14.8 Å². The summed E-state index contributed by atoms with van der Waals surface area (Å²) in [5.41, 5.74) is 5.17. The molecule has 4 aromatic rings. The predicted molar refractivity (Wildman–Crippen MR) is 128 cm³/mol. The molecule has 0 aliphatic carbocycles. The van der Waals surface area contributed by atoms with Gasteiger partial charge in [-0.1, -0.05) is 17.3 Å². The summed E-state index contributed by atoms with van der Waals surface area (Å²) in [5, 5.41) is 7.47. The fourth-order valence-electron chi connectivity index (χ4n) is 3.80. The van der Waals surface area contributed by atoms with E-state index in [4.69, 9.17) is 18.4 Å². The summed E-state index contributed by atoms with van der Waals surface area (Å²) in [6, 6.07) is 11.5. The average Bonchev–Trinajstić information content (AvgIpc) is 3.41. The zero-order valence-corrected chi connectivity index (χ0v) is 19.3. The van der Waals surface area contributed by atoms with E-state index in [1.54, 1.807) is 26.4 Å². The van der Waals surface area contributed by atoms with Crippen LogP contribution in [0.25, 0.3) is 27.7 Å². The zero-order valence-electron chi connectivity index (χ0n) is 19.3. The number of carbonyl (C=O) groups excluding carboxylic acids is 1. The van der Waals surface area contributed by atoms with Crippen molar-refractivity contribution in [3.05, 3.63) is 65.6 Å². The van der Waals surface area contributed by atoms with E-state index in [2.05, 4.69) is 10.5 Å². The number of amides is 1. The number of ether oxygens (including phenoxy) is 2. The van der Waals surface area contributed by atoms with Crippen LogP contribution in [0.5, 0.6) is 11.5 Å². The van der Waals surface area contributed by atoms with E-state index < -0.39 is 0 Å². The van der Waals surface area contributed by atoms with Crippen molar-refractivity contribution < 1.29 is 23.2 Å². The predicted octanol–water partition coefficient (Wildman–Crippen LogP) is 6.15. The third-order valence-corrected chi connectivity index (χ3v) is 5.39. The van der Waals surface area contributed by atoms with Crippen LogP contribution >= 0.6 is 0 Å². The van der Waals surface area contributed by atoms with Crippen molar-refractivity contribution in [1.29, 1.82) is 0 Å². The van der Waals surface area contributed by atoms with Gasteiger partial charge in [-0.3, -0.25) is 4.79 Å². The third-order valence-electron chi connectivity index (χ3n) is 5.39. The van der Waals surface area contributed by atoms with Crippen molar-refractivity contribution in [2.24, 2.45) is 0 Å².